The minimum Gasteiger partial charge on any atom is -0.504 e. The second-order valence-corrected chi connectivity index (χ2v) is 7.09. The minimum atomic E-state index is -0.605. The van der Waals surface area contributed by atoms with E-state index in [-0.39, 0.29) is 29.6 Å². The number of nitrogens with zero attached hydrogens (tertiary/aromatic N) is 7. The maximum Gasteiger partial charge on any atom is 0.293 e. The van der Waals surface area contributed by atoms with Gasteiger partial charge in [0.2, 0.25) is 11.6 Å². The Morgan fingerprint density at radius 3 is 2.76 bits per heavy atom. The van der Waals surface area contributed by atoms with Crippen LogP contribution in [0.15, 0.2) is 58.3 Å². The van der Waals surface area contributed by atoms with Crippen LogP contribution in [0.25, 0.3) is 5.82 Å². The summed E-state index contributed by atoms with van der Waals surface area (Å²) in [5, 5.41) is 29.2. The monoisotopic (exact) mass is 463 g/mol. The molecule has 4 N–H and O–H groups in total. The molecule has 0 saturated heterocycles. The van der Waals surface area contributed by atoms with Gasteiger partial charge in [0.05, 0.1) is 25.6 Å². The van der Waals surface area contributed by atoms with E-state index in [1.165, 1.54) is 24.1 Å². The summed E-state index contributed by atoms with van der Waals surface area (Å²) < 4.78 is 11.0. The van der Waals surface area contributed by atoms with E-state index in [0.29, 0.717) is 17.0 Å². The molecule has 174 valence electrons. The fourth-order valence-electron chi connectivity index (χ4n) is 3.13. The van der Waals surface area contributed by atoms with Gasteiger partial charge in [-0.25, -0.2) is 10.1 Å². The molecule has 0 aliphatic carbocycles. The summed E-state index contributed by atoms with van der Waals surface area (Å²) in [6, 6.07) is 14.3. The fraction of sp³-hybridized carbons (Fsp3) is 0.143. The van der Waals surface area contributed by atoms with Gasteiger partial charge in [0.15, 0.2) is 17.2 Å². The molecule has 0 spiro atoms. The van der Waals surface area contributed by atoms with E-state index >= 15 is 0 Å². The number of methoxy groups -OCH3 is 1. The molecule has 34 heavy (non-hydrogen) atoms. The van der Waals surface area contributed by atoms with Gasteiger partial charge in [-0.2, -0.15) is 9.78 Å². The van der Waals surface area contributed by atoms with E-state index in [2.05, 4.69) is 35.8 Å². The first-order chi connectivity index (χ1) is 16.5. The summed E-state index contributed by atoms with van der Waals surface area (Å²) in [6.45, 7) is 0.238. The Morgan fingerprint density at radius 1 is 1.29 bits per heavy atom. The SMILES string of the molecule is COc1ccc(/C=N\NC(=O)c2nnn(-c3nonc3N)c2CN(C)c2ccccc2)cc1O. The molecule has 1 amide bonds. The Labute approximate surface area is 193 Å². The fourth-order valence-corrected chi connectivity index (χ4v) is 3.13. The van der Waals surface area contributed by atoms with Gasteiger partial charge in [0.1, 0.15) is 0 Å². The number of nitrogens with two attached hydrogens (primary N) is 1. The average molecular weight is 463 g/mol. The summed E-state index contributed by atoms with van der Waals surface area (Å²) in [5.41, 5.74) is 10.1. The highest BCUT2D eigenvalue weighted by atomic mass is 16.6. The third-order valence-corrected chi connectivity index (χ3v) is 4.84. The van der Waals surface area contributed by atoms with E-state index in [0.717, 1.165) is 5.69 Å². The standard InChI is InChI=1S/C21H21N9O4/c1-29(14-6-4-3-5-7-14)12-15-18(24-28-30(15)20-19(22)26-34-27-20)21(32)25-23-11-13-8-9-17(33-2)16(31)10-13/h3-11,31H,12H2,1-2H3,(H2,22,26)(H,25,32)/b23-11-. The highest BCUT2D eigenvalue weighted by Gasteiger charge is 2.25. The van der Waals surface area contributed by atoms with Gasteiger partial charge in [-0.1, -0.05) is 23.4 Å². The average Bonchev–Trinajstić information content (AvgIpc) is 3.45. The molecule has 0 bridgehead atoms. The van der Waals surface area contributed by atoms with Crippen molar-refractivity contribution >= 4 is 23.6 Å². The van der Waals surface area contributed by atoms with Crippen LogP contribution in [0.1, 0.15) is 21.7 Å². The zero-order valence-electron chi connectivity index (χ0n) is 18.3. The summed E-state index contributed by atoms with van der Waals surface area (Å²) in [5.74, 6) is -0.220. The Kier molecular flexibility index (Phi) is 6.34. The van der Waals surface area contributed by atoms with Crippen molar-refractivity contribution in [2.24, 2.45) is 5.10 Å². The van der Waals surface area contributed by atoms with Crippen LogP contribution >= 0.6 is 0 Å². The van der Waals surface area contributed by atoms with Crippen LogP contribution in [0.5, 0.6) is 11.5 Å². The predicted octanol–water partition coefficient (Wildman–Crippen LogP) is 1.35. The molecule has 0 unspecified atom stereocenters. The largest absolute Gasteiger partial charge is 0.504 e. The van der Waals surface area contributed by atoms with Gasteiger partial charge in [-0.05, 0) is 46.2 Å². The summed E-state index contributed by atoms with van der Waals surface area (Å²) in [7, 11) is 3.30. The van der Waals surface area contributed by atoms with Gasteiger partial charge < -0.3 is 20.5 Å². The summed E-state index contributed by atoms with van der Waals surface area (Å²) in [4.78, 5) is 14.8. The molecule has 2 aromatic heterocycles. The van der Waals surface area contributed by atoms with Crippen molar-refractivity contribution in [3.63, 3.8) is 0 Å². The highest BCUT2D eigenvalue weighted by molar-refractivity contribution is 5.94. The molecule has 2 aromatic carbocycles. The van der Waals surface area contributed by atoms with Crippen LogP contribution < -0.4 is 20.8 Å². The number of benzene rings is 2. The number of nitrogen functional groups attached to an aromatic ring is 1. The Hall–Kier alpha value is -4.94. The molecule has 0 saturated carbocycles. The van der Waals surface area contributed by atoms with Gasteiger partial charge in [-0.3, -0.25) is 4.79 Å². The van der Waals surface area contributed by atoms with Crippen LogP contribution in [-0.2, 0) is 6.54 Å². The lowest BCUT2D eigenvalue weighted by molar-refractivity contribution is 0.0949. The molecule has 13 heteroatoms. The maximum absolute atomic E-state index is 12.9. The van der Waals surface area contributed by atoms with Crippen molar-refractivity contribution in [2.45, 2.75) is 6.54 Å². The Balaban J connectivity index is 1.59. The van der Waals surface area contributed by atoms with Gasteiger partial charge >= 0.3 is 0 Å². The van der Waals surface area contributed by atoms with E-state index < -0.39 is 5.91 Å². The van der Waals surface area contributed by atoms with Crippen LogP contribution in [0.2, 0.25) is 0 Å². The smallest absolute Gasteiger partial charge is 0.293 e. The lowest BCUT2D eigenvalue weighted by Gasteiger charge is -2.19. The number of anilines is 2. The second-order valence-electron chi connectivity index (χ2n) is 7.09. The van der Waals surface area contributed by atoms with E-state index in [4.69, 9.17) is 10.5 Å². The summed E-state index contributed by atoms with van der Waals surface area (Å²) >= 11 is 0. The molecule has 0 fully saturated rings. The number of aromatic nitrogens is 5. The first kappa shape index (κ1) is 22.3. The van der Waals surface area contributed by atoms with Crippen LogP contribution in [0.3, 0.4) is 0 Å². The highest BCUT2D eigenvalue weighted by Crippen LogP contribution is 2.25. The number of phenols is 1. The minimum absolute atomic E-state index is 0.00203. The number of rotatable bonds is 8. The predicted molar refractivity (Wildman–Crippen MR) is 122 cm³/mol. The molecule has 4 aromatic rings. The molecular weight excluding hydrogens is 442 g/mol. The number of amides is 1. The number of phenolic OH excluding ortho intramolecular Hbond substituents is 1. The first-order valence-corrected chi connectivity index (χ1v) is 9.97. The first-order valence-electron chi connectivity index (χ1n) is 9.97. The van der Waals surface area contributed by atoms with Crippen LogP contribution in [0.4, 0.5) is 11.5 Å². The number of nitrogens with one attached hydrogen (secondary N) is 1. The molecule has 4 rings (SSSR count). The molecule has 0 radical (unpaired) electrons. The number of hydrazone groups is 1. The third-order valence-electron chi connectivity index (χ3n) is 4.84. The number of carbonyl (C=O) groups is 1. The third kappa shape index (κ3) is 4.62. The Bertz CT molecular complexity index is 1320. The molecule has 0 aliphatic rings. The number of ether oxygens (including phenoxy) is 1. The van der Waals surface area contributed by atoms with Crippen molar-refractivity contribution in [3.05, 3.63) is 65.5 Å². The second kappa shape index (κ2) is 9.68. The van der Waals surface area contributed by atoms with Gasteiger partial charge in [-0.15, -0.1) is 5.10 Å². The number of aromatic hydroxyl groups is 1. The van der Waals surface area contributed by atoms with Crippen molar-refractivity contribution in [2.75, 3.05) is 24.8 Å². The zero-order chi connectivity index (χ0) is 24.1. The molecule has 2 heterocycles. The van der Waals surface area contributed by atoms with Gasteiger partial charge in [0.25, 0.3) is 5.91 Å². The Morgan fingerprint density at radius 2 is 2.09 bits per heavy atom. The van der Waals surface area contributed by atoms with Crippen molar-refractivity contribution in [3.8, 4) is 17.3 Å². The number of hydrogen-bond donors (Lipinski definition) is 3. The number of para-hydroxylation sites is 1. The van der Waals surface area contributed by atoms with Gasteiger partial charge in [0, 0.05) is 12.7 Å². The van der Waals surface area contributed by atoms with Crippen LogP contribution in [-0.4, -0.2) is 56.7 Å². The zero-order valence-corrected chi connectivity index (χ0v) is 18.3. The molecule has 13 nitrogen and oxygen atoms in total. The lowest BCUT2D eigenvalue weighted by atomic mass is 10.2. The normalized spacial score (nSPS) is 11.0. The molecule has 0 atom stereocenters. The van der Waals surface area contributed by atoms with E-state index in [1.54, 1.807) is 12.1 Å². The van der Waals surface area contributed by atoms with Crippen molar-refractivity contribution in [1.29, 1.82) is 0 Å². The number of carbonyl (C=O) groups excluding carboxylic acids is 1. The van der Waals surface area contributed by atoms with E-state index in [1.807, 2.05) is 42.3 Å². The van der Waals surface area contributed by atoms with Crippen molar-refractivity contribution < 1.29 is 19.3 Å². The quantitative estimate of drug-likeness (QED) is 0.256. The molecular formula is C21H21N9O4. The van der Waals surface area contributed by atoms with E-state index in [9.17, 15) is 9.90 Å². The summed E-state index contributed by atoms with van der Waals surface area (Å²) in [6.07, 6.45) is 1.37. The van der Waals surface area contributed by atoms with Crippen molar-refractivity contribution in [1.82, 2.24) is 30.7 Å². The van der Waals surface area contributed by atoms with Crippen LogP contribution in [0, 0.1) is 0 Å². The lowest BCUT2D eigenvalue weighted by Crippen LogP contribution is -2.24. The molecule has 0 aliphatic heterocycles. The topological polar surface area (TPSA) is 170 Å². The maximum atomic E-state index is 12.9. The number of hydrogen-bond acceptors (Lipinski definition) is 11.